The SMILES string of the molecule is COCCN(Cc1cc(OC)cc(C)n1)CC1CCCN1. The molecule has 1 aromatic heterocycles. The number of methoxy groups -OCH3 is 2. The van der Waals surface area contributed by atoms with Gasteiger partial charge in [0.25, 0.3) is 0 Å². The Labute approximate surface area is 127 Å². The van der Waals surface area contributed by atoms with Gasteiger partial charge in [-0.3, -0.25) is 9.88 Å². The molecule has 5 heteroatoms. The summed E-state index contributed by atoms with van der Waals surface area (Å²) in [6.45, 7) is 6.69. The second-order valence-electron chi connectivity index (χ2n) is 5.66. The second-order valence-corrected chi connectivity index (χ2v) is 5.66. The van der Waals surface area contributed by atoms with E-state index in [9.17, 15) is 0 Å². The summed E-state index contributed by atoms with van der Waals surface area (Å²) in [5.41, 5.74) is 2.05. The maximum Gasteiger partial charge on any atom is 0.122 e. The van der Waals surface area contributed by atoms with Crippen LogP contribution in [0.1, 0.15) is 24.2 Å². The molecule has 2 heterocycles. The third-order valence-electron chi connectivity index (χ3n) is 3.85. The fourth-order valence-electron chi connectivity index (χ4n) is 2.81. The average Bonchev–Trinajstić information content (AvgIpc) is 2.97. The first kappa shape index (κ1) is 16.2. The smallest absolute Gasteiger partial charge is 0.122 e. The molecule has 1 aliphatic rings. The lowest BCUT2D eigenvalue weighted by molar-refractivity contribution is 0.137. The molecule has 1 aliphatic heterocycles. The van der Waals surface area contributed by atoms with Crippen molar-refractivity contribution in [3.05, 3.63) is 23.5 Å². The van der Waals surface area contributed by atoms with Gasteiger partial charge >= 0.3 is 0 Å². The maximum atomic E-state index is 5.34. The van der Waals surface area contributed by atoms with Crippen LogP contribution in [0.4, 0.5) is 0 Å². The van der Waals surface area contributed by atoms with Crippen LogP contribution in [0, 0.1) is 6.92 Å². The quantitative estimate of drug-likeness (QED) is 0.789. The van der Waals surface area contributed by atoms with Gasteiger partial charge in [0.15, 0.2) is 0 Å². The zero-order valence-electron chi connectivity index (χ0n) is 13.4. The van der Waals surface area contributed by atoms with Crippen LogP contribution in [0.3, 0.4) is 0 Å². The minimum Gasteiger partial charge on any atom is -0.497 e. The molecule has 2 rings (SSSR count). The minimum atomic E-state index is 0.591. The largest absolute Gasteiger partial charge is 0.497 e. The van der Waals surface area contributed by atoms with Crippen molar-refractivity contribution in [1.82, 2.24) is 15.2 Å². The van der Waals surface area contributed by atoms with E-state index in [0.717, 1.165) is 49.9 Å². The van der Waals surface area contributed by atoms with Crippen molar-refractivity contribution in [3.8, 4) is 5.75 Å². The van der Waals surface area contributed by atoms with Crippen molar-refractivity contribution >= 4 is 0 Å². The van der Waals surface area contributed by atoms with Gasteiger partial charge in [0.05, 0.1) is 19.4 Å². The van der Waals surface area contributed by atoms with Gasteiger partial charge in [0.2, 0.25) is 0 Å². The molecule has 0 bridgehead atoms. The Morgan fingerprint density at radius 2 is 2.24 bits per heavy atom. The number of aryl methyl sites for hydroxylation is 1. The second kappa shape index (κ2) is 8.32. The molecule has 5 nitrogen and oxygen atoms in total. The Morgan fingerprint density at radius 1 is 1.38 bits per heavy atom. The van der Waals surface area contributed by atoms with Crippen LogP contribution in [0.5, 0.6) is 5.75 Å². The lowest BCUT2D eigenvalue weighted by atomic mass is 10.2. The fraction of sp³-hybridized carbons (Fsp3) is 0.688. The number of aromatic nitrogens is 1. The summed E-state index contributed by atoms with van der Waals surface area (Å²) >= 11 is 0. The van der Waals surface area contributed by atoms with Crippen molar-refractivity contribution in [3.63, 3.8) is 0 Å². The Hall–Kier alpha value is -1.17. The van der Waals surface area contributed by atoms with E-state index in [1.165, 1.54) is 12.8 Å². The van der Waals surface area contributed by atoms with Crippen molar-refractivity contribution < 1.29 is 9.47 Å². The van der Waals surface area contributed by atoms with Gasteiger partial charge in [0.1, 0.15) is 5.75 Å². The average molecular weight is 293 g/mol. The highest BCUT2D eigenvalue weighted by Gasteiger charge is 2.18. The highest BCUT2D eigenvalue weighted by atomic mass is 16.5. The highest BCUT2D eigenvalue weighted by molar-refractivity contribution is 5.26. The molecule has 0 aliphatic carbocycles. The van der Waals surface area contributed by atoms with Crippen molar-refractivity contribution in [2.75, 3.05) is 40.5 Å². The molecule has 1 fully saturated rings. The van der Waals surface area contributed by atoms with Crippen LogP contribution >= 0.6 is 0 Å². The number of ether oxygens (including phenoxy) is 2. The van der Waals surface area contributed by atoms with Gasteiger partial charge in [-0.2, -0.15) is 0 Å². The van der Waals surface area contributed by atoms with E-state index in [1.807, 2.05) is 19.1 Å². The third kappa shape index (κ3) is 5.26. The summed E-state index contributed by atoms with van der Waals surface area (Å²) in [4.78, 5) is 7.03. The predicted octanol–water partition coefficient (Wildman–Crippen LogP) is 1.60. The molecule has 1 saturated heterocycles. The molecule has 1 unspecified atom stereocenters. The third-order valence-corrected chi connectivity index (χ3v) is 3.85. The van der Waals surface area contributed by atoms with Crippen LogP contribution in [0.2, 0.25) is 0 Å². The Kier molecular flexibility index (Phi) is 6.42. The molecule has 0 radical (unpaired) electrons. The van der Waals surface area contributed by atoms with Gasteiger partial charge in [0, 0.05) is 50.6 Å². The molecule has 1 N–H and O–H groups in total. The molecule has 1 aromatic rings. The number of pyridine rings is 1. The van der Waals surface area contributed by atoms with Gasteiger partial charge in [-0.15, -0.1) is 0 Å². The summed E-state index contributed by atoms with van der Waals surface area (Å²) in [7, 11) is 3.45. The first-order valence-electron chi connectivity index (χ1n) is 7.67. The van der Waals surface area contributed by atoms with Crippen LogP contribution in [-0.2, 0) is 11.3 Å². The van der Waals surface area contributed by atoms with Crippen LogP contribution in [0.25, 0.3) is 0 Å². The van der Waals surface area contributed by atoms with Gasteiger partial charge < -0.3 is 14.8 Å². The van der Waals surface area contributed by atoms with E-state index in [1.54, 1.807) is 14.2 Å². The Morgan fingerprint density at radius 3 is 2.90 bits per heavy atom. The number of nitrogens with zero attached hydrogens (tertiary/aromatic N) is 2. The minimum absolute atomic E-state index is 0.591. The first-order chi connectivity index (χ1) is 10.2. The Bertz CT molecular complexity index is 434. The zero-order chi connectivity index (χ0) is 15.1. The molecular weight excluding hydrogens is 266 g/mol. The van der Waals surface area contributed by atoms with E-state index in [0.29, 0.717) is 6.04 Å². The fourth-order valence-corrected chi connectivity index (χ4v) is 2.81. The summed E-state index contributed by atoms with van der Waals surface area (Å²) in [6.07, 6.45) is 2.54. The first-order valence-corrected chi connectivity index (χ1v) is 7.67. The van der Waals surface area contributed by atoms with E-state index in [-0.39, 0.29) is 0 Å². The number of nitrogens with one attached hydrogen (secondary N) is 1. The number of hydrogen-bond acceptors (Lipinski definition) is 5. The lowest BCUT2D eigenvalue weighted by Gasteiger charge is -2.25. The van der Waals surface area contributed by atoms with Crippen LogP contribution in [0.15, 0.2) is 12.1 Å². The van der Waals surface area contributed by atoms with Crippen molar-refractivity contribution in [2.24, 2.45) is 0 Å². The highest BCUT2D eigenvalue weighted by Crippen LogP contribution is 2.16. The van der Waals surface area contributed by atoms with Crippen LogP contribution in [-0.4, -0.2) is 56.4 Å². The van der Waals surface area contributed by atoms with Crippen molar-refractivity contribution in [2.45, 2.75) is 32.4 Å². The number of hydrogen-bond donors (Lipinski definition) is 1. The Balaban J connectivity index is 2.00. The zero-order valence-corrected chi connectivity index (χ0v) is 13.4. The molecule has 118 valence electrons. The molecule has 0 aromatic carbocycles. The van der Waals surface area contributed by atoms with Gasteiger partial charge in [-0.1, -0.05) is 0 Å². The topological polar surface area (TPSA) is 46.6 Å². The molecule has 0 spiro atoms. The summed E-state index contributed by atoms with van der Waals surface area (Å²) in [5.74, 6) is 0.878. The molecular formula is C16H27N3O2. The summed E-state index contributed by atoms with van der Waals surface area (Å²) < 4.78 is 10.6. The summed E-state index contributed by atoms with van der Waals surface area (Å²) in [5, 5.41) is 3.56. The molecule has 21 heavy (non-hydrogen) atoms. The van der Waals surface area contributed by atoms with Gasteiger partial charge in [-0.05, 0) is 26.3 Å². The van der Waals surface area contributed by atoms with E-state index >= 15 is 0 Å². The normalized spacial score (nSPS) is 18.4. The molecule has 0 saturated carbocycles. The monoisotopic (exact) mass is 293 g/mol. The van der Waals surface area contributed by atoms with E-state index < -0.39 is 0 Å². The lowest BCUT2D eigenvalue weighted by Crippen LogP contribution is -2.39. The summed E-state index contributed by atoms with van der Waals surface area (Å²) in [6, 6.07) is 4.57. The standard InChI is InChI=1S/C16H27N3O2/c1-13-9-16(21-3)10-15(18-13)12-19(7-8-20-2)11-14-5-4-6-17-14/h9-10,14,17H,4-8,11-12H2,1-3H3. The van der Waals surface area contributed by atoms with E-state index in [4.69, 9.17) is 9.47 Å². The number of rotatable bonds is 8. The maximum absolute atomic E-state index is 5.34. The molecule has 0 amide bonds. The van der Waals surface area contributed by atoms with Gasteiger partial charge in [-0.25, -0.2) is 0 Å². The molecule has 1 atom stereocenters. The van der Waals surface area contributed by atoms with Crippen molar-refractivity contribution in [1.29, 1.82) is 0 Å². The predicted molar refractivity (Wildman–Crippen MR) is 83.7 cm³/mol. The van der Waals surface area contributed by atoms with Crippen LogP contribution < -0.4 is 10.1 Å². The van der Waals surface area contributed by atoms with E-state index in [2.05, 4.69) is 15.2 Å².